The first kappa shape index (κ1) is 14.1. The third-order valence-electron chi connectivity index (χ3n) is 3.77. The van der Waals surface area contributed by atoms with Gasteiger partial charge in [-0.15, -0.1) is 0 Å². The van der Waals surface area contributed by atoms with Gasteiger partial charge in [-0.25, -0.2) is 0 Å². The topological polar surface area (TPSA) is 37.3 Å². The Morgan fingerprint density at radius 2 is 2.16 bits per heavy atom. The van der Waals surface area contributed by atoms with Crippen LogP contribution in [-0.2, 0) is 11.3 Å². The lowest BCUT2D eigenvalue weighted by Crippen LogP contribution is -2.32. The van der Waals surface area contributed by atoms with Crippen LogP contribution in [0.25, 0.3) is 0 Å². The molecule has 0 saturated carbocycles. The Kier molecular flexibility index (Phi) is 5.02. The lowest BCUT2D eigenvalue weighted by molar-refractivity contribution is -0.130. The maximum Gasteiger partial charge on any atom is 0.242 e. The molecule has 1 N–H and O–H groups in total. The number of amides is 1. The van der Waals surface area contributed by atoms with Crippen LogP contribution < -0.4 is 5.32 Å². The summed E-state index contributed by atoms with van der Waals surface area (Å²) >= 11 is 0. The zero-order valence-electron chi connectivity index (χ0n) is 12.1. The molecule has 1 fully saturated rings. The molecule has 0 aromatic carbocycles. The summed E-state index contributed by atoms with van der Waals surface area (Å²) in [5, 5.41) is 3.47. The van der Waals surface area contributed by atoms with E-state index in [0.717, 1.165) is 38.9 Å². The molecule has 2 rings (SSSR count). The maximum absolute atomic E-state index is 12.2. The molecule has 1 atom stereocenters. The number of carbonyl (C=O) groups is 1. The summed E-state index contributed by atoms with van der Waals surface area (Å²) in [4.78, 5) is 14.2. The van der Waals surface area contributed by atoms with Crippen molar-refractivity contribution in [1.29, 1.82) is 0 Å². The molecule has 0 radical (unpaired) electrons. The van der Waals surface area contributed by atoms with E-state index >= 15 is 0 Å². The summed E-state index contributed by atoms with van der Waals surface area (Å²) in [5.41, 5.74) is 1.20. The molecule has 1 aromatic rings. The number of hydrogen-bond acceptors (Lipinski definition) is 2. The van der Waals surface area contributed by atoms with Crippen molar-refractivity contribution >= 4 is 5.91 Å². The van der Waals surface area contributed by atoms with E-state index in [4.69, 9.17) is 0 Å². The molecule has 0 aliphatic carbocycles. The van der Waals surface area contributed by atoms with Crippen molar-refractivity contribution < 1.29 is 4.79 Å². The third-order valence-corrected chi connectivity index (χ3v) is 3.77. The van der Waals surface area contributed by atoms with Crippen LogP contribution in [0.1, 0.15) is 44.8 Å². The standard InChI is InChI=1S/C15H25N3O/c1-3-8-16-13(2)14-7-6-11-18(14)12-15(19)17-9-4-5-10-17/h6-7,11,13,16H,3-5,8-10,12H2,1-2H3. The second-order valence-corrected chi connectivity index (χ2v) is 5.32. The Hall–Kier alpha value is -1.29. The maximum atomic E-state index is 12.2. The van der Waals surface area contributed by atoms with Gasteiger partial charge in [0.2, 0.25) is 5.91 Å². The van der Waals surface area contributed by atoms with E-state index in [2.05, 4.69) is 29.8 Å². The highest BCUT2D eigenvalue weighted by molar-refractivity contribution is 5.76. The van der Waals surface area contributed by atoms with Crippen molar-refractivity contribution in [3.05, 3.63) is 24.0 Å². The molecular formula is C15H25N3O. The fourth-order valence-corrected chi connectivity index (χ4v) is 2.64. The molecule has 0 bridgehead atoms. The van der Waals surface area contributed by atoms with E-state index in [-0.39, 0.29) is 5.91 Å². The molecule has 1 aromatic heterocycles. The molecule has 1 aliphatic rings. The minimum absolute atomic E-state index is 0.248. The Morgan fingerprint density at radius 1 is 1.42 bits per heavy atom. The van der Waals surface area contributed by atoms with Gasteiger partial charge in [0.15, 0.2) is 0 Å². The number of hydrogen-bond donors (Lipinski definition) is 1. The van der Waals surface area contributed by atoms with Crippen molar-refractivity contribution in [3.8, 4) is 0 Å². The summed E-state index contributed by atoms with van der Waals surface area (Å²) in [6, 6.07) is 4.42. The highest BCUT2D eigenvalue weighted by Gasteiger charge is 2.19. The van der Waals surface area contributed by atoms with Crippen molar-refractivity contribution in [3.63, 3.8) is 0 Å². The van der Waals surface area contributed by atoms with Crippen LogP contribution in [0.15, 0.2) is 18.3 Å². The SMILES string of the molecule is CCCNC(C)c1cccn1CC(=O)N1CCCC1. The summed E-state index contributed by atoms with van der Waals surface area (Å²) in [7, 11) is 0. The van der Waals surface area contributed by atoms with Crippen molar-refractivity contribution in [2.75, 3.05) is 19.6 Å². The van der Waals surface area contributed by atoms with Gasteiger partial charge in [-0.1, -0.05) is 6.92 Å². The van der Waals surface area contributed by atoms with Crippen LogP contribution >= 0.6 is 0 Å². The van der Waals surface area contributed by atoms with E-state index in [1.165, 1.54) is 5.69 Å². The lowest BCUT2D eigenvalue weighted by Gasteiger charge is -2.20. The fraction of sp³-hybridized carbons (Fsp3) is 0.667. The van der Waals surface area contributed by atoms with Gasteiger partial charge in [-0.05, 0) is 44.9 Å². The van der Waals surface area contributed by atoms with Crippen molar-refractivity contribution in [1.82, 2.24) is 14.8 Å². The molecule has 1 unspecified atom stereocenters. The Morgan fingerprint density at radius 3 is 2.84 bits per heavy atom. The average Bonchev–Trinajstić information content (AvgIpc) is 3.06. The zero-order chi connectivity index (χ0) is 13.7. The predicted octanol–water partition coefficient (Wildman–Crippen LogP) is 2.17. The molecule has 2 heterocycles. The van der Waals surface area contributed by atoms with Crippen LogP contribution in [-0.4, -0.2) is 35.0 Å². The van der Waals surface area contributed by atoms with Crippen LogP contribution in [0.4, 0.5) is 0 Å². The molecule has 1 saturated heterocycles. The van der Waals surface area contributed by atoms with Crippen molar-refractivity contribution in [2.24, 2.45) is 0 Å². The minimum atomic E-state index is 0.248. The van der Waals surface area contributed by atoms with Crippen LogP contribution in [0.2, 0.25) is 0 Å². The smallest absolute Gasteiger partial charge is 0.242 e. The van der Waals surface area contributed by atoms with Gasteiger partial charge in [-0.3, -0.25) is 4.79 Å². The highest BCUT2D eigenvalue weighted by atomic mass is 16.2. The molecule has 19 heavy (non-hydrogen) atoms. The second kappa shape index (κ2) is 6.75. The fourth-order valence-electron chi connectivity index (χ4n) is 2.64. The molecule has 0 spiro atoms. The lowest BCUT2D eigenvalue weighted by atomic mass is 10.2. The van der Waals surface area contributed by atoms with Crippen LogP contribution in [0.3, 0.4) is 0 Å². The zero-order valence-corrected chi connectivity index (χ0v) is 12.1. The minimum Gasteiger partial charge on any atom is -0.341 e. The first-order valence-corrected chi connectivity index (χ1v) is 7.38. The van der Waals surface area contributed by atoms with Gasteiger partial charge in [-0.2, -0.15) is 0 Å². The Labute approximate surface area is 115 Å². The van der Waals surface area contributed by atoms with Crippen molar-refractivity contribution in [2.45, 2.75) is 45.7 Å². The quantitative estimate of drug-likeness (QED) is 0.854. The molecule has 1 aliphatic heterocycles. The first-order chi connectivity index (χ1) is 9.22. The molecule has 4 heteroatoms. The number of nitrogens with zero attached hydrogens (tertiary/aromatic N) is 2. The monoisotopic (exact) mass is 263 g/mol. The number of aromatic nitrogens is 1. The number of likely N-dealkylation sites (tertiary alicyclic amines) is 1. The summed E-state index contributed by atoms with van der Waals surface area (Å²) in [6.45, 7) is 7.66. The van der Waals surface area contributed by atoms with E-state index in [0.29, 0.717) is 12.6 Å². The van der Waals surface area contributed by atoms with E-state index < -0.39 is 0 Å². The summed E-state index contributed by atoms with van der Waals surface area (Å²) in [5.74, 6) is 0.248. The van der Waals surface area contributed by atoms with E-state index in [1.54, 1.807) is 0 Å². The average molecular weight is 263 g/mol. The van der Waals surface area contributed by atoms with Crippen LogP contribution in [0.5, 0.6) is 0 Å². The Balaban J connectivity index is 1.96. The summed E-state index contributed by atoms with van der Waals surface area (Å²) < 4.78 is 2.08. The predicted molar refractivity (Wildman–Crippen MR) is 77.0 cm³/mol. The normalized spacial score (nSPS) is 16.8. The Bertz CT molecular complexity index is 407. The number of rotatable bonds is 6. The van der Waals surface area contributed by atoms with Crippen LogP contribution in [0, 0.1) is 0 Å². The van der Waals surface area contributed by atoms with Gasteiger partial charge >= 0.3 is 0 Å². The highest BCUT2D eigenvalue weighted by Crippen LogP contribution is 2.15. The number of nitrogens with one attached hydrogen (secondary N) is 1. The molecular weight excluding hydrogens is 238 g/mol. The second-order valence-electron chi connectivity index (χ2n) is 5.32. The molecule has 4 nitrogen and oxygen atoms in total. The molecule has 1 amide bonds. The van der Waals surface area contributed by atoms with Gasteiger partial charge in [0.25, 0.3) is 0 Å². The van der Waals surface area contributed by atoms with E-state index in [1.807, 2.05) is 17.2 Å². The van der Waals surface area contributed by atoms with Gasteiger partial charge in [0.05, 0.1) is 0 Å². The van der Waals surface area contributed by atoms with Gasteiger partial charge in [0, 0.05) is 31.0 Å². The molecule has 106 valence electrons. The van der Waals surface area contributed by atoms with Gasteiger partial charge < -0.3 is 14.8 Å². The first-order valence-electron chi connectivity index (χ1n) is 7.38. The summed E-state index contributed by atoms with van der Waals surface area (Å²) in [6.07, 6.45) is 5.43. The van der Waals surface area contributed by atoms with E-state index in [9.17, 15) is 4.79 Å². The van der Waals surface area contributed by atoms with Gasteiger partial charge in [0.1, 0.15) is 6.54 Å². The number of carbonyl (C=O) groups excluding carboxylic acids is 1. The third kappa shape index (κ3) is 3.60. The largest absolute Gasteiger partial charge is 0.341 e.